The van der Waals surface area contributed by atoms with E-state index in [4.69, 9.17) is 0 Å². The molecule has 2 saturated heterocycles. The van der Waals surface area contributed by atoms with Crippen molar-refractivity contribution >= 4 is 27.7 Å². The summed E-state index contributed by atoms with van der Waals surface area (Å²) in [5, 5.41) is 2.13. The van der Waals surface area contributed by atoms with Gasteiger partial charge < -0.3 is 19.8 Å². The summed E-state index contributed by atoms with van der Waals surface area (Å²) < 4.78 is 13.8. The van der Waals surface area contributed by atoms with Crippen molar-refractivity contribution in [1.82, 2.24) is 19.8 Å². The molecule has 2 aromatic carbocycles. The molecule has 0 radical (unpaired) electrons. The maximum absolute atomic E-state index is 13.8. The van der Waals surface area contributed by atoms with Gasteiger partial charge in [0.2, 0.25) is 0 Å². The summed E-state index contributed by atoms with van der Waals surface area (Å²) in [6.45, 7) is 6.05. The molecule has 4 aromatic rings. The number of carbonyl (C=O) groups excluding carboxylic acids is 1. The monoisotopic (exact) mass is 486 g/mol. The van der Waals surface area contributed by atoms with E-state index >= 15 is 0 Å². The molecule has 1 unspecified atom stereocenters. The van der Waals surface area contributed by atoms with Crippen LogP contribution in [0.25, 0.3) is 21.8 Å². The van der Waals surface area contributed by atoms with Crippen molar-refractivity contribution in [2.24, 2.45) is 0 Å². The van der Waals surface area contributed by atoms with Crippen LogP contribution in [-0.2, 0) is 0 Å². The minimum Gasteiger partial charge on any atom is -0.361 e. The second kappa shape index (κ2) is 9.74. The molecule has 0 spiro atoms. The number of carbonyl (C=O) groups is 1. The van der Waals surface area contributed by atoms with Crippen LogP contribution >= 0.6 is 0 Å². The van der Waals surface area contributed by atoms with Gasteiger partial charge >= 0.3 is 0 Å². The fraction of sp³-hybridized carbons (Fsp3) is 0.433. The van der Waals surface area contributed by atoms with E-state index < -0.39 is 0 Å². The van der Waals surface area contributed by atoms with Crippen LogP contribution in [0.15, 0.2) is 48.7 Å². The van der Waals surface area contributed by atoms with E-state index in [2.05, 4.69) is 51.1 Å². The number of amides is 1. The van der Waals surface area contributed by atoms with Crippen molar-refractivity contribution in [2.75, 3.05) is 26.2 Å². The summed E-state index contributed by atoms with van der Waals surface area (Å²) in [5.74, 6) is 0.434. The number of aryl methyl sites for hydroxylation is 1. The molecule has 4 heterocycles. The molecule has 188 valence electrons. The Kier molecular flexibility index (Phi) is 6.30. The van der Waals surface area contributed by atoms with Gasteiger partial charge in [-0.25, -0.2) is 4.39 Å². The summed E-state index contributed by atoms with van der Waals surface area (Å²) in [7, 11) is 0. The molecule has 2 N–H and O–H groups in total. The number of aromatic amines is 2. The number of aromatic nitrogens is 2. The number of hydrogen-bond acceptors (Lipinski definition) is 2. The van der Waals surface area contributed by atoms with Crippen LogP contribution in [0.4, 0.5) is 4.39 Å². The van der Waals surface area contributed by atoms with Crippen molar-refractivity contribution in [3.05, 3.63) is 71.3 Å². The number of hydrogen-bond donors (Lipinski definition) is 2. The van der Waals surface area contributed by atoms with Gasteiger partial charge in [0.1, 0.15) is 11.5 Å². The van der Waals surface area contributed by atoms with Crippen LogP contribution < -0.4 is 0 Å². The average Bonchev–Trinajstić information content (AvgIpc) is 3.51. The highest BCUT2D eigenvalue weighted by Crippen LogP contribution is 2.34. The van der Waals surface area contributed by atoms with E-state index in [1.54, 1.807) is 6.07 Å². The van der Waals surface area contributed by atoms with Gasteiger partial charge in [-0.1, -0.05) is 11.6 Å². The van der Waals surface area contributed by atoms with Gasteiger partial charge in [0, 0.05) is 47.1 Å². The molecule has 36 heavy (non-hydrogen) atoms. The number of nitrogens with one attached hydrogen (secondary N) is 2. The highest BCUT2D eigenvalue weighted by Gasteiger charge is 2.30. The lowest BCUT2D eigenvalue weighted by Crippen LogP contribution is -2.46. The van der Waals surface area contributed by atoms with E-state index in [9.17, 15) is 9.18 Å². The first-order chi connectivity index (χ1) is 17.5. The Labute approximate surface area is 211 Å². The van der Waals surface area contributed by atoms with Gasteiger partial charge in [-0.3, -0.25) is 4.79 Å². The number of fused-ring (bicyclic) bond motifs is 2. The van der Waals surface area contributed by atoms with Crippen LogP contribution in [0.2, 0.25) is 0 Å². The topological polar surface area (TPSA) is 55.1 Å². The van der Waals surface area contributed by atoms with Crippen LogP contribution in [-0.4, -0.2) is 57.9 Å². The van der Waals surface area contributed by atoms with E-state index in [0.29, 0.717) is 17.7 Å². The Bertz CT molecular complexity index is 1380. The lowest BCUT2D eigenvalue weighted by Gasteiger charge is -2.38. The van der Waals surface area contributed by atoms with Gasteiger partial charge in [0.05, 0.1) is 0 Å². The molecule has 1 amide bonds. The zero-order chi connectivity index (χ0) is 24.6. The molecule has 2 fully saturated rings. The smallest absolute Gasteiger partial charge is 0.270 e. The number of rotatable bonds is 5. The Morgan fingerprint density at radius 1 is 1.00 bits per heavy atom. The minimum absolute atomic E-state index is 0.138. The molecule has 5 nitrogen and oxygen atoms in total. The van der Waals surface area contributed by atoms with Crippen molar-refractivity contribution in [1.29, 1.82) is 0 Å². The lowest BCUT2D eigenvalue weighted by atomic mass is 9.89. The molecule has 2 aliphatic rings. The van der Waals surface area contributed by atoms with Crippen LogP contribution in [0, 0.1) is 12.7 Å². The van der Waals surface area contributed by atoms with Crippen molar-refractivity contribution in [3.8, 4) is 0 Å². The Balaban J connectivity index is 1.07. The van der Waals surface area contributed by atoms with Crippen molar-refractivity contribution in [3.63, 3.8) is 0 Å². The minimum atomic E-state index is -0.171. The third-order valence-corrected chi connectivity index (χ3v) is 8.38. The number of benzene rings is 2. The second-order valence-corrected chi connectivity index (χ2v) is 10.8. The summed E-state index contributed by atoms with van der Waals surface area (Å²) >= 11 is 0. The largest absolute Gasteiger partial charge is 0.361 e. The maximum Gasteiger partial charge on any atom is 0.270 e. The number of H-pyrrole nitrogens is 2. The van der Waals surface area contributed by atoms with Crippen LogP contribution in [0.1, 0.15) is 66.1 Å². The number of nitrogens with zero attached hydrogens (tertiary/aromatic N) is 2. The van der Waals surface area contributed by atoms with Gasteiger partial charge in [-0.05, 0) is 106 Å². The average molecular weight is 487 g/mol. The summed E-state index contributed by atoms with van der Waals surface area (Å²) in [4.78, 5) is 24.8. The second-order valence-electron chi connectivity index (χ2n) is 10.8. The van der Waals surface area contributed by atoms with Gasteiger partial charge in [0.15, 0.2) is 0 Å². The van der Waals surface area contributed by atoms with Crippen molar-refractivity contribution < 1.29 is 9.18 Å². The van der Waals surface area contributed by atoms with Gasteiger partial charge in [-0.15, -0.1) is 0 Å². The van der Waals surface area contributed by atoms with Crippen molar-refractivity contribution in [2.45, 2.75) is 57.4 Å². The van der Waals surface area contributed by atoms with Crippen LogP contribution in [0.3, 0.4) is 0 Å². The Morgan fingerprint density at radius 3 is 2.69 bits per heavy atom. The first-order valence-corrected chi connectivity index (χ1v) is 13.4. The third kappa shape index (κ3) is 4.55. The Hall–Kier alpha value is -3.12. The fourth-order valence-corrected chi connectivity index (χ4v) is 6.34. The summed E-state index contributed by atoms with van der Waals surface area (Å²) in [6.07, 6.45) is 8.63. The molecule has 6 rings (SSSR count). The van der Waals surface area contributed by atoms with E-state index in [-0.39, 0.29) is 11.7 Å². The Morgan fingerprint density at radius 2 is 1.83 bits per heavy atom. The molecule has 2 aliphatic heterocycles. The fourth-order valence-electron chi connectivity index (χ4n) is 6.34. The van der Waals surface area contributed by atoms with E-state index in [1.807, 2.05) is 12.1 Å². The molecule has 6 heteroatoms. The predicted octanol–water partition coefficient (Wildman–Crippen LogP) is 6.36. The summed E-state index contributed by atoms with van der Waals surface area (Å²) in [6, 6.07) is 13.6. The summed E-state index contributed by atoms with van der Waals surface area (Å²) in [5.41, 5.74) is 5.21. The first-order valence-electron chi connectivity index (χ1n) is 13.4. The molecule has 1 atom stereocenters. The SMILES string of the molecule is Cc1ccc2[nH]c(C(=O)N3CCCCC3CCN3CCC(c4c[nH]c5ccc(F)cc45)CC3)cc2c1. The van der Waals surface area contributed by atoms with E-state index in [0.717, 1.165) is 80.1 Å². The highest BCUT2D eigenvalue weighted by atomic mass is 19.1. The molecule has 0 bridgehead atoms. The van der Waals surface area contributed by atoms with E-state index in [1.165, 1.54) is 23.6 Å². The zero-order valence-electron chi connectivity index (χ0n) is 21.0. The lowest BCUT2D eigenvalue weighted by molar-refractivity contribution is 0.0573. The molecular formula is C30H35FN4O. The number of halogens is 1. The molecule has 2 aromatic heterocycles. The number of piperidine rings is 2. The normalized spacial score (nSPS) is 19.9. The molecule has 0 saturated carbocycles. The van der Waals surface area contributed by atoms with Gasteiger partial charge in [0.25, 0.3) is 5.91 Å². The number of likely N-dealkylation sites (tertiary alicyclic amines) is 2. The quantitative estimate of drug-likeness (QED) is 0.345. The maximum atomic E-state index is 13.8. The zero-order valence-corrected chi connectivity index (χ0v) is 21.0. The standard InChI is InChI=1S/C30H35FN4O/c1-20-5-7-27-22(16-20)17-29(33-27)30(36)35-12-3-2-4-24(35)11-15-34-13-9-21(10-14-34)26-19-32-28-8-6-23(31)18-25(26)28/h5-8,16-19,21,24,32-33H,2-4,9-15H2,1H3. The van der Waals surface area contributed by atoms with Gasteiger partial charge in [-0.2, -0.15) is 0 Å². The highest BCUT2D eigenvalue weighted by molar-refractivity contribution is 5.98. The first kappa shape index (κ1) is 23.3. The molecule has 0 aliphatic carbocycles. The molecular weight excluding hydrogens is 451 g/mol. The third-order valence-electron chi connectivity index (χ3n) is 8.38. The van der Waals surface area contributed by atoms with Crippen LogP contribution in [0.5, 0.6) is 0 Å². The predicted molar refractivity (Wildman–Crippen MR) is 143 cm³/mol.